The van der Waals surface area contributed by atoms with Crippen LogP contribution in [-0.4, -0.2) is 26.3 Å². The number of methoxy groups -OCH3 is 2. The van der Waals surface area contributed by atoms with Gasteiger partial charge in [0.05, 0.1) is 13.2 Å². The van der Waals surface area contributed by atoms with E-state index in [1.54, 1.807) is 0 Å². The van der Waals surface area contributed by atoms with E-state index in [1.807, 2.05) is 7.11 Å². The van der Waals surface area contributed by atoms with Crippen molar-refractivity contribution in [2.24, 2.45) is 51.8 Å². The maximum Gasteiger partial charge on any atom is 0.305 e. The molecular weight excluding hydrogens is 360 g/mol. The van der Waals surface area contributed by atoms with Crippen molar-refractivity contribution in [3.63, 3.8) is 0 Å². The Bertz CT molecular complexity index is 675. The molecule has 5 rings (SSSR count). The average Bonchev–Trinajstić information content (AvgIpc) is 3.22. The fourth-order valence-corrected chi connectivity index (χ4v) is 10.2. The molecule has 5 saturated carbocycles. The molecule has 3 nitrogen and oxygen atoms in total. The molecule has 1 spiro atoms. The molecule has 0 heterocycles. The number of carbonyl (C=O) groups excluding carboxylic acids is 1. The van der Waals surface area contributed by atoms with Crippen molar-refractivity contribution in [1.29, 1.82) is 0 Å². The number of hydrogen-bond donors (Lipinski definition) is 0. The third-order valence-corrected chi connectivity index (χ3v) is 11.6. The van der Waals surface area contributed by atoms with Crippen molar-refractivity contribution in [1.82, 2.24) is 0 Å². The summed E-state index contributed by atoms with van der Waals surface area (Å²) in [4.78, 5) is 11.7. The largest absolute Gasteiger partial charge is 0.469 e. The van der Waals surface area contributed by atoms with Gasteiger partial charge in [-0.25, -0.2) is 0 Å². The Kier molecular flexibility index (Phi) is 4.71. The van der Waals surface area contributed by atoms with Gasteiger partial charge in [-0.3, -0.25) is 4.79 Å². The number of fused-ring (bicyclic) bond motifs is 4. The molecule has 3 unspecified atom stereocenters. The summed E-state index contributed by atoms with van der Waals surface area (Å²) >= 11 is 0. The van der Waals surface area contributed by atoms with Crippen LogP contribution < -0.4 is 0 Å². The summed E-state index contributed by atoms with van der Waals surface area (Å²) in [5.74, 6) is 4.92. The van der Waals surface area contributed by atoms with Crippen molar-refractivity contribution in [3.8, 4) is 0 Å². The van der Waals surface area contributed by atoms with Crippen LogP contribution in [0.4, 0.5) is 0 Å². The van der Waals surface area contributed by atoms with Crippen molar-refractivity contribution in [2.45, 2.75) is 91.1 Å². The highest BCUT2D eigenvalue weighted by molar-refractivity contribution is 5.69. The van der Waals surface area contributed by atoms with Gasteiger partial charge in [-0.2, -0.15) is 0 Å². The Hall–Kier alpha value is -0.570. The minimum absolute atomic E-state index is 0.0473. The highest BCUT2D eigenvalue weighted by atomic mass is 16.5. The third kappa shape index (κ3) is 2.55. The monoisotopic (exact) mass is 402 g/mol. The van der Waals surface area contributed by atoms with Crippen LogP contribution in [0.5, 0.6) is 0 Å². The molecule has 0 radical (unpaired) electrons. The van der Waals surface area contributed by atoms with Crippen molar-refractivity contribution < 1.29 is 14.3 Å². The Morgan fingerprint density at radius 1 is 1.07 bits per heavy atom. The van der Waals surface area contributed by atoms with Crippen LogP contribution in [0.25, 0.3) is 0 Å². The van der Waals surface area contributed by atoms with E-state index in [0.717, 1.165) is 36.0 Å². The lowest BCUT2D eigenvalue weighted by atomic mass is 9.45. The standard InChI is InChI=1S/C26H42O3/c1-16(6-9-23(27)29-5)19-7-8-20-18-14-22(28-4)26-15-17(26)10-13-25(26,3)21(18)11-12-24(19,20)2/h16-22H,6-15H2,1-5H3/t16-,17?,18+,19-,20+,21+,22?,24-,25-,26?/m1/s1. The van der Waals surface area contributed by atoms with Crippen molar-refractivity contribution in [3.05, 3.63) is 0 Å². The Morgan fingerprint density at radius 3 is 2.55 bits per heavy atom. The van der Waals surface area contributed by atoms with Crippen LogP contribution in [0, 0.1) is 51.8 Å². The first-order valence-electron chi connectivity index (χ1n) is 12.4. The Morgan fingerprint density at radius 2 is 1.86 bits per heavy atom. The summed E-state index contributed by atoms with van der Waals surface area (Å²) in [7, 11) is 3.50. The molecule has 0 N–H and O–H groups in total. The second-order valence-corrected chi connectivity index (χ2v) is 12.1. The zero-order valence-corrected chi connectivity index (χ0v) is 19.3. The summed E-state index contributed by atoms with van der Waals surface area (Å²) in [6, 6.07) is 0. The van der Waals surface area contributed by atoms with Gasteiger partial charge < -0.3 is 9.47 Å². The molecule has 0 bridgehead atoms. The van der Waals surface area contributed by atoms with Crippen LogP contribution in [0.1, 0.15) is 85.0 Å². The second kappa shape index (κ2) is 6.71. The minimum atomic E-state index is -0.0473. The van der Waals surface area contributed by atoms with Crippen molar-refractivity contribution in [2.75, 3.05) is 14.2 Å². The van der Waals surface area contributed by atoms with Crippen LogP contribution in [0.3, 0.4) is 0 Å². The highest BCUT2D eigenvalue weighted by Gasteiger charge is 2.77. The number of esters is 1. The van der Waals surface area contributed by atoms with E-state index in [0.29, 0.717) is 34.7 Å². The van der Waals surface area contributed by atoms with Gasteiger partial charge >= 0.3 is 5.97 Å². The normalized spacial score (nSPS) is 53.4. The Balaban J connectivity index is 1.37. The first-order chi connectivity index (χ1) is 13.8. The smallest absolute Gasteiger partial charge is 0.305 e. The molecule has 3 heteroatoms. The van der Waals surface area contributed by atoms with E-state index in [4.69, 9.17) is 9.47 Å². The molecule has 5 fully saturated rings. The van der Waals surface area contributed by atoms with Crippen molar-refractivity contribution >= 4 is 5.97 Å². The molecule has 0 amide bonds. The van der Waals surface area contributed by atoms with Gasteiger partial charge in [0, 0.05) is 18.9 Å². The predicted molar refractivity (Wildman–Crippen MR) is 114 cm³/mol. The Labute approximate surface area is 177 Å². The molecule has 164 valence electrons. The van der Waals surface area contributed by atoms with Gasteiger partial charge in [-0.15, -0.1) is 0 Å². The first-order valence-corrected chi connectivity index (χ1v) is 12.4. The number of carbonyl (C=O) groups is 1. The fraction of sp³-hybridized carbons (Fsp3) is 0.962. The summed E-state index contributed by atoms with van der Waals surface area (Å²) in [6.45, 7) is 7.68. The van der Waals surface area contributed by atoms with E-state index >= 15 is 0 Å². The quantitative estimate of drug-likeness (QED) is 0.540. The molecule has 5 aliphatic carbocycles. The highest BCUT2D eigenvalue weighted by Crippen LogP contribution is 2.82. The van der Waals surface area contributed by atoms with Gasteiger partial charge in [-0.1, -0.05) is 20.8 Å². The molecule has 0 aromatic heterocycles. The maximum atomic E-state index is 11.7. The average molecular weight is 403 g/mol. The molecular formula is C26H42O3. The fourth-order valence-electron chi connectivity index (χ4n) is 10.2. The molecule has 10 atom stereocenters. The van der Waals surface area contributed by atoms with Gasteiger partial charge in [0.2, 0.25) is 0 Å². The molecule has 0 aromatic carbocycles. The van der Waals surface area contributed by atoms with Gasteiger partial charge in [-0.05, 0) is 104 Å². The zero-order chi connectivity index (χ0) is 20.6. The van der Waals surface area contributed by atoms with E-state index in [2.05, 4.69) is 20.8 Å². The van der Waals surface area contributed by atoms with Gasteiger partial charge in [0.25, 0.3) is 0 Å². The van der Waals surface area contributed by atoms with E-state index in [9.17, 15) is 4.79 Å². The van der Waals surface area contributed by atoms with Gasteiger partial charge in [0.1, 0.15) is 0 Å². The topological polar surface area (TPSA) is 35.5 Å². The second-order valence-electron chi connectivity index (χ2n) is 12.1. The lowest BCUT2D eigenvalue weighted by molar-refractivity contribution is -0.161. The summed E-state index contributed by atoms with van der Waals surface area (Å²) < 4.78 is 11.1. The molecule has 0 saturated heterocycles. The van der Waals surface area contributed by atoms with E-state index < -0.39 is 0 Å². The minimum Gasteiger partial charge on any atom is -0.469 e. The number of ether oxygens (including phenoxy) is 2. The summed E-state index contributed by atoms with van der Waals surface area (Å²) in [5.41, 5.74) is 1.51. The number of rotatable bonds is 5. The van der Waals surface area contributed by atoms with E-state index in [1.165, 1.54) is 58.5 Å². The third-order valence-electron chi connectivity index (χ3n) is 11.6. The maximum absolute atomic E-state index is 11.7. The zero-order valence-electron chi connectivity index (χ0n) is 19.3. The predicted octanol–water partition coefficient (Wildman–Crippen LogP) is 5.86. The molecule has 29 heavy (non-hydrogen) atoms. The summed E-state index contributed by atoms with van der Waals surface area (Å²) in [5, 5.41) is 0. The lowest BCUT2D eigenvalue weighted by Gasteiger charge is -2.61. The van der Waals surface area contributed by atoms with Crippen LogP contribution >= 0.6 is 0 Å². The lowest BCUT2D eigenvalue weighted by Crippen LogP contribution is -2.57. The van der Waals surface area contributed by atoms with E-state index in [-0.39, 0.29) is 5.97 Å². The van der Waals surface area contributed by atoms with Crippen LogP contribution in [0.15, 0.2) is 0 Å². The van der Waals surface area contributed by atoms with Gasteiger partial charge in [0.15, 0.2) is 0 Å². The number of hydrogen-bond acceptors (Lipinski definition) is 3. The molecule has 5 aliphatic rings. The van der Waals surface area contributed by atoms with Crippen LogP contribution in [0.2, 0.25) is 0 Å². The van der Waals surface area contributed by atoms with Crippen LogP contribution in [-0.2, 0) is 14.3 Å². The molecule has 0 aliphatic heterocycles. The summed E-state index contributed by atoms with van der Waals surface area (Å²) in [6.07, 6.45) is 13.3. The first kappa shape index (κ1) is 20.3. The molecule has 0 aromatic rings. The SMILES string of the molecule is COC(=O)CC[C@@H](C)[C@H]1CC[C@H]2[C@@H]3CC(OC)C45CC4CC[C@]5(C)[C@H]3CC[C@]12C.